The predicted molar refractivity (Wildman–Crippen MR) is 273 cm³/mol. The van der Waals surface area contributed by atoms with Crippen LogP contribution in [0, 0.1) is 24.0 Å². The molecule has 6 aliphatic heterocycles. The summed E-state index contributed by atoms with van der Waals surface area (Å²) in [5, 5.41) is 20.2. The van der Waals surface area contributed by atoms with Crippen molar-refractivity contribution in [2.75, 3.05) is 56.7 Å². The molecule has 19 nitrogen and oxygen atoms in total. The van der Waals surface area contributed by atoms with Crippen molar-refractivity contribution in [3.8, 4) is 35.4 Å². The summed E-state index contributed by atoms with van der Waals surface area (Å²) in [5.41, 5.74) is 0.376. The summed E-state index contributed by atoms with van der Waals surface area (Å²) in [4.78, 5) is 98.0. The van der Waals surface area contributed by atoms with Gasteiger partial charge in [-0.3, -0.25) is 44.1 Å². The number of aromatic hydroxyl groups is 1. The maximum Gasteiger partial charge on any atom is 0.409 e. The van der Waals surface area contributed by atoms with Gasteiger partial charge in [0.2, 0.25) is 17.7 Å². The number of aromatic nitrogens is 3. The Bertz CT molecular complexity index is 3360. The fourth-order valence-electron chi connectivity index (χ4n) is 12.0. The number of hydrogen-bond donors (Lipinski definition) is 4. The van der Waals surface area contributed by atoms with Gasteiger partial charge in [0.1, 0.15) is 47.9 Å². The van der Waals surface area contributed by atoms with Gasteiger partial charge in [-0.2, -0.15) is 9.97 Å². The number of hydrogen-bond acceptors (Lipinski definition) is 15. The van der Waals surface area contributed by atoms with Gasteiger partial charge in [0.15, 0.2) is 5.82 Å². The zero-order valence-corrected chi connectivity index (χ0v) is 41.6. The van der Waals surface area contributed by atoms with Gasteiger partial charge < -0.3 is 35.0 Å². The predicted octanol–water partition coefficient (Wildman–Crippen LogP) is 5.57. The Morgan fingerprint density at radius 1 is 1.03 bits per heavy atom. The molecule has 392 valence electrons. The Balaban J connectivity index is 0.729. The number of anilines is 2. The summed E-state index contributed by atoms with van der Waals surface area (Å²) in [7, 11) is 1.61. The number of rotatable bonds is 14. The van der Waals surface area contributed by atoms with Crippen LogP contribution in [0.15, 0.2) is 60.8 Å². The smallest absolute Gasteiger partial charge is 0.409 e. The van der Waals surface area contributed by atoms with Gasteiger partial charge in [0.25, 0.3) is 11.8 Å². The summed E-state index contributed by atoms with van der Waals surface area (Å²) in [6.07, 6.45) is 11.6. The van der Waals surface area contributed by atoms with E-state index in [1.165, 1.54) is 53.6 Å². The number of piperazine rings is 1. The Hall–Kier alpha value is -8.09. The summed E-state index contributed by atoms with van der Waals surface area (Å²) in [5.74, 6) is -1.85. The first-order valence-corrected chi connectivity index (χ1v) is 25.5. The molecule has 6 amide bonds. The van der Waals surface area contributed by atoms with Crippen molar-refractivity contribution in [3.05, 3.63) is 89.1 Å². The maximum atomic E-state index is 17.2. The molecule has 5 fully saturated rings. The third kappa shape index (κ3) is 9.08. The first-order chi connectivity index (χ1) is 36.6. The number of pyridine rings is 1. The molecule has 11 rings (SSSR count). The summed E-state index contributed by atoms with van der Waals surface area (Å²) in [6, 6.07) is 8.98. The van der Waals surface area contributed by atoms with E-state index in [2.05, 4.69) is 48.2 Å². The first-order valence-electron chi connectivity index (χ1n) is 25.5. The van der Waals surface area contributed by atoms with Crippen LogP contribution in [0.3, 0.4) is 0 Å². The molecule has 5 unspecified atom stereocenters. The molecule has 5 saturated heterocycles. The van der Waals surface area contributed by atoms with Crippen LogP contribution >= 0.6 is 0 Å². The molecule has 2 bridgehead atoms. The number of ether oxygens (including phenoxy) is 2. The van der Waals surface area contributed by atoms with E-state index < -0.39 is 58.8 Å². The first kappa shape index (κ1) is 50.1. The Morgan fingerprint density at radius 2 is 1.83 bits per heavy atom. The van der Waals surface area contributed by atoms with Crippen molar-refractivity contribution in [2.45, 2.75) is 93.9 Å². The van der Waals surface area contributed by atoms with E-state index in [4.69, 9.17) is 20.9 Å². The van der Waals surface area contributed by atoms with E-state index in [0.29, 0.717) is 74.9 Å². The number of nitrogens with one attached hydrogen (secondary N) is 3. The number of unbranched alkanes of at least 4 members (excludes halogenated alkanes) is 1. The number of imide groups is 2. The molecule has 0 radical (unpaired) electrons. The van der Waals surface area contributed by atoms with Crippen LogP contribution in [-0.4, -0.2) is 147 Å². The van der Waals surface area contributed by atoms with Crippen molar-refractivity contribution < 1.29 is 52.1 Å². The standard InChI is InChI=1S/C55H54F2N10O9/c1-4-35-39(56)14-11-30-20-34(68)21-37(44(30)35)47-46(57)48-38(23-58-47)49(65-25-31-12-13-32(26-65)59-31)63-53(62-48)76-28-55-18-17-33(66(55)24-29(2)22-55)27-75-54(74)64(3)19-6-5-10-42(69)60-40-9-7-8-36-45(40)52(73)67(51(36)72)41-15-16-43(70)61-50(41)71/h1,7-9,11,14,20-21,23,31-33,41,59,68H,2,5-6,10,12-13,15-19,22,24-28H2,3H3,(H,60,69)(H,61,70,71). The lowest BCUT2D eigenvalue weighted by molar-refractivity contribution is -0.136. The number of fused-ring (bicyclic) bond motifs is 6. The SMILES string of the molecule is C#Cc1c(F)ccc2cc(O)cc(-c3ncc4c(N5CC6CCC(C5)N6)nc(OCC56CCC(COC(=O)N(C)CCCCC(=O)Nc7cccc8c7C(=O)N(C7CCC(=O)NC7=O)C8=O)N5CC(=C)C6)nc4c3F)c12. The minimum Gasteiger partial charge on any atom is -0.508 e. The molecular formula is C55H54F2N10O9. The minimum atomic E-state index is -1.14. The molecular weight excluding hydrogens is 983 g/mol. The van der Waals surface area contributed by atoms with Crippen LogP contribution in [0.1, 0.15) is 90.5 Å². The lowest BCUT2D eigenvalue weighted by atomic mass is 9.94. The normalized spacial score (nSPS) is 23.0. The minimum absolute atomic E-state index is 0.00638. The number of phenols is 1. The maximum absolute atomic E-state index is 17.2. The second kappa shape index (κ2) is 19.9. The summed E-state index contributed by atoms with van der Waals surface area (Å²) in [6.45, 7) is 6.62. The highest BCUT2D eigenvalue weighted by atomic mass is 19.1. The van der Waals surface area contributed by atoms with Gasteiger partial charge in [0.05, 0.1) is 33.3 Å². The van der Waals surface area contributed by atoms with E-state index in [1.807, 2.05) is 0 Å². The Morgan fingerprint density at radius 3 is 2.61 bits per heavy atom. The van der Waals surface area contributed by atoms with Crippen LogP contribution in [0.5, 0.6) is 11.8 Å². The van der Waals surface area contributed by atoms with Gasteiger partial charge in [-0.15, -0.1) is 6.42 Å². The molecule has 0 saturated carbocycles. The number of carbonyl (C=O) groups excluding carboxylic acids is 6. The van der Waals surface area contributed by atoms with Crippen molar-refractivity contribution in [1.29, 1.82) is 0 Å². The number of halogens is 2. The number of amides is 6. The average Bonchev–Trinajstić information content (AvgIpc) is 4.15. The number of nitrogens with zero attached hydrogens (tertiary/aromatic N) is 7. The molecule has 5 atom stereocenters. The molecule has 4 N–H and O–H groups in total. The highest BCUT2D eigenvalue weighted by Gasteiger charge is 2.52. The molecule has 21 heteroatoms. The number of piperidine rings is 1. The number of benzene rings is 3. The average molecular weight is 1040 g/mol. The molecule has 0 aliphatic carbocycles. The quantitative estimate of drug-likeness (QED) is 0.0461. The van der Waals surface area contributed by atoms with E-state index in [-0.39, 0.29) is 107 Å². The molecule has 76 heavy (non-hydrogen) atoms. The van der Waals surface area contributed by atoms with E-state index >= 15 is 8.78 Å². The van der Waals surface area contributed by atoms with Gasteiger partial charge >= 0.3 is 12.1 Å². The van der Waals surface area contributed by atoms with Gasteiger partial charge in [-0.05, 0) is 87.1 Å². The number of terminal acetylenes is 1. The lowest BCUT2D eigenvalue weighted by Crippen LogP contribution is -2.54. The van der Waals surface area contributed by atoms with Gasteiger partial charge in [-0.1, -0.05) is 30.2 Å². The Labute approximate surface area is 435 Å². The third-order valence-electron chi connectivity index (χ3n) is 15.6. The summed E-state index contributed by atoms with van der Waals surface area (Å²) < 4.78 is 44.7. The van der Waals surface area contributed by atoms with Crippen LogP contribution in [-0.2, 0) is 19.1 Å². The van der Waals surface area contributed by atoms with Crippen molar-refractivity contribution >= 4 is 68.8 Å². The van der Waals surface area contributed by atoms with Crippen LogP contribution in [0.4, 0.5) is 25.1 Å². The topological polar surface area (TPSA) is 229 Å². The van der Waals surface area contributed by atoms with Crippen molar-refractivity contribution in [2.24, 2.45) is 0 Å². The highest BCUT2D eigenvalue weighted by Crippen LogP contribution is 2.45. The van der Waals surface area contributed by atoms with Crippen molar-refractivity contribution in [3.63, 3.8) is 0 Å². The molecule has 6 aliphatic rings. The Kier molecular flexibility index (Phi) is 13.1. The second-order valence-electron chi connectivity index (χ2n) is 20.7. The molecule has 3 aromatic carbocycles. The highest BCUT2D eigenvalue weighted by molar-refractivity contribution is 6.26. The van der Waals surface area contributed by atoms with E-state index in [1.54, 1.807) is 7.05 Å². The molecule has 5 aromatic rings. The van der Waals surface area contributed by atoms with Gasteiger partial charge in [0, 0.05) is 81.3 Å². The third-order valence-corrected chi connectivity index (χ3v) is 15.6. The zero-order chi connectivity index (χ0) is 53.2. The number of carbonyl (C=O) groups is 6. The largest absolute Gasteiger partial charge is 0.508 e. The van der Waals surface area contributed by atoms with E-state index in [9.17, 15) is 33.9 Å². The van der Waals surface area contributed by atoms with E-state index in [0.717, 1.165) is 23.3 Å². The van der Waals surface area contributed by atoms with Gasteiger partial charge in [-0.25, -0.2) is 13.6 Å². The molecule has 0 spiro atoms. The zero-order valence-electron chi connectivity index (χ0n) is 41.6. The molecule has 8 heterocycles. The van der Waals surface area contributed by atoms with Crippen LogP contribution in [0.2, 0.25) is 0 Å². The fraction of sp³-hybridized carbons (Fsp3) is 0.400. The lowest BCUT2D eigenvalue weighted by Gasteiger charge is -2.35. The fourth-order valence-corrected chi connectivity index (χ4v) is 12.0. The monoisotopic (exact) mass is 1040 g/mol. The molecule has 2 aromatic heterocycles. The number of phenolic OH excluding ortho intramolecular Hbond substituents is 1. The van der Waals surface area contributed by atoms with Crippen LogP contribution in [0.25, 0.3) is 32.9 Å². The second-order valence-corrected chi connectivity index (χ2v) is 20.7. The van der Waals surface area contributed by atoms with Crippen molar-refractivity contribution in [1.82, 2.24) is 40.3 Å². The van der Waals surface area contributed by atoms with Crippen LogP contribution < -0.4 is 25.6 Å². The summed E-state index contributed by atoms with van der Waals surface area (Å²) >= 11 is 0.